The van der Waals surface area contributed by atoms with E-state index in [1.54, 1.807) is 24.5 Å². The van der Waals surface area contributed by atoms with Crippen molar-refractivity contribution < 1.29 is 13.2 Å². The van der Waals surface area contributed by atoms with Gasteiger partial charge < -0.3 is 0 Å². The summed E-state index contributed by atoms with van der Waals surface area (Å²) >= 11 is 0. The molecule has 3 rings (SSSR count). The maximum atomic E-state index is 12.7. The summed E-state index contributed by atoms with van der Waals surface area (Å²) in [5.74, 6) is 0. The highest BCUT2D eigenvalue weighted by molar-refractivity contribution is 5.77. The highest BCUT2D eigenvalue weighted by atomic mass is 19.4. The van der Waals surface area contributed by atoms with E-state index in [9.17, 15) is 13.2 Å². The third-order valence-electron chi connectivity index (χ3n) is 2.85. The van der Waals surface area contributed by atoms with Crippen LogP contribution in [-0.4, -0.2) is 15.0 Å². The van der Waals surface area contributed by atoms with Crippen LogP contribution < -0.4 is 0 Å². The predicted octanol–water partition coefficient (Wildman–Crippen LogP) is 3.71. The molecule has 2 heterocycles. The first-order chi connectivity index (χ1) is 9.54. The zero-order chi connectivity index (χ0) is 14.2. The van der Waals surface area contributed by atoms with E-state index < -0.39 is 11.7 Å². The van der Waals surface area contributed by atoms with Gasteiger partial charge in [0.15, 0.2) is 0 Å². The zero-order valence-corrected chi connectivity index (χ0v) is 10.1. The average molecular weight is 275 g/mol. The number of fused-ring (bicyclic) bond motifs is 1. The molecule has 0 unspecified atom stereocenters. The Hall–Kier alpha value is -2.50. The molecular weight excluding hydrogens is 267 g/mol. The van der Waals surface area contributed by atoms with Gasteiger partial charge in [-0.15, -0.1) is 0 Å². The lowest BCUT2D eigenvalue weighted by Gasteiger charge is -2.07. The molecule has 0 N–H and O–H groups in total. The van der Waals surface area contributed by atoms with Crippen molar-refractivity contribution in [3.63, 3.8) is 0 Å². The van der Waals surface area contributed by atoms with Crippen molar-refractivity contribution in [2.24, 2.45) is 0 Å². The quantitative estimate of drug-likeness (QED) is 0.679. The SMILES string of the molecule is FC(F)(F)c1ccc2ncc(-c3ccncc3)nc2c1. The van der Waals surface area contributed by atoms with Crippen molar-refractivity contribution in [3.05, 3.63) is 54.5 Å². The van der Waals surface area contributed by atoms with Gasteiger partial charge in [-0.3, -0.25) is 9.97 Å². The topological polar surface area (TPSA) is 38.7 Å². The molecule has 0 aliphatic carbocycles. The molecule has 0 amide bonds. The van der Waals surface area contributed by atoms with E-state index in [1.165, 1.54) is 12.3 Å². The van der Waals surface area contributed by atoms with Gasteiger partial charge in [-0.2, -0.15) is 13.2 Å². The van der Waals surface area contributed by atoms with E-state index in [1.807, 2.05) is 0 Å². The summed E-state index contributed by atoms with van der Waals surface area (Å²) in [6.45, 7) is 0. The molecule has 6 heteroatoms. The Kier molecular flexibility index (Phi) is 2.85. The molecule has 0 spiro atoms. The van der Waals surface area contributed by atoms with Gasteiger partial charge in [0, 0.05) is 18.0 Å². The molecule has 0 bridgehead atoms. The van der Waals surface area contributed by atoms with Crippen LogP contribution >= 0.6 is 0 Å². The zero-order valence-electron chi connectivity index (χ0n) is 10.1. The van der Waals surface area contributed by atoms with E-state index in [0.717, 1.165) is 17.7 Å². The molecule has 0 aliphatic heterocycles. The highest BCUT2D eigenvalue weighted by Crippen LogP contribution is 2.31. The van der Waals surface area contributed by atoms with Gasteiger partial charge in [0.25, 0.3) is 0 Å². The summed E-state index contributed by atoms with van der Waals surface area (Å²) in [6, 6.07) is 6.78. The molecule has 0 fully saturated rings. The van der Waals surface area contributed by atoms with Gasteiger partial charge >= 0.3 is 6.18 Å². The van der Waals surface area contributed by atoms with Gasteiger partial charge in [0.2, 0.25) is 0 Å². The molecule has 20 heavy (non-hydrogen) atoms. The van der Waals surface area contributed by atoms with Crippen molar-refractivity contribution in [2.45, 2.75) is 6.18 Å². The molecule has 0 aliphatic rings. The van der Waals surface area contributed by atoms with E-state index in [2.05, 4.69) is 15.0 Å². The van der Waals surface area contributed by atoms with Gasteiger partial charge in [0.05, 0.1) is 28.5 Å². The fourth-order valence-electron chi connectivity index (χ4n) is 1.85. The van der Waals surface area contributed by atoms with Crippen LogP contribution in [0, 0.1) is 0 Å². The van der Waals surface area contributed by atoms with Crippen LogP contribution in [0.15, 0.2) is 48.9 Å². The number of pyridine rings is 1. The number of halogens is 3. The third kappa shape index (κ3) is 2.32. The van der Waals surface area contributed by atoms with Crippen molar-refractivity contribution >= 4 is 11.0 Å². The summed E-state index contributed by atoms with van der Waals surface area (Å²) in [6.07, 6.45) is 0.328. The predicted molar refractivity (Wildman–Crippen MR) is 67.8 cm³/mol. The first-order valence-corrected chi connectivity index (χ1v) is 5.78. The summed E-state index contributed by atoms with van der Waals surface area (Å²) in [5.41, 5.74) is 1.18. The van der Waals surface area contributed by atoms with E-state index in [4.69, 9.17) is 0 Å². The lowest BCUT2D eigenvalue weighted by Crippen LogP contribution is -2.04. The minimum Gasteiger partial charge on any atom is -0.265 e. The second-order valence-corrected chi connectivity index (χ2v) is 4.19. The van der Waals surface area contributed by atoms with Crippen LogP contribution in [0.5, 0.6) is 0 Å². The van der Waals surface area contributed by atoms with Crippen LogP contribution in [0.2, 0.25) is 0 Å². The standard InChI is InChI=1S/C14H8F3N3/c15-14(16,17)10-1-2-11-12(7-10)20-13(8-19-11)9-3-5-18-6-4-9/h1-8H. The molecule has 0 saturated carbocycles. The third-order valence-corrected chi connectivity index (χ3v) is 2.85. The molecule has 3 aromatic rings. The number of hydrogen-bond donors (Lipinski definition) is 0. The molecule has 3 nitrogen and oxygen atoms in total. The Morgan fingerprint density at radius 1 is 0.900 bits per heavy atom. The van der Waals surface area contributed by atoms with Gasteiger partial charge in [-0.05, 0) is 30.3 Å². The van der Waals surface area contributed by atoms with Crippen molar-refractivity contribution in [1.29, 1.82) is 0 Å². The summed E-state index contributed by atoms with van der Waals surface area (Å²) in [4.78, 5) is 12.2. The van der Waals surface area contributed by atoms with Crippen LogP contribution in [0.1, 0.15) is 5.56 Å². The van der Waals surface area contributed by atoms with Crippen LogP contribution in [-0.2, 0) is 6.18 Å². The number of rotatable bonds is 1. The van der Waals surface area contributed by atoms with Crippen molar-refractivity contribution in [3.8, 4) is 11.3 Å². The second kappa shape index (κ2) is 4.56. The van der Waals surface area contributed by atoms with Crippen LogP contribution in [0.25, 0.3) is 22.3 Å². The number of benzene rings is 1. The Bertz CT molecular complexity index is 754. The smallest absolute Gasteiger partial charge is 0.265 e. The van der Waals surface area contributed by atoms with Crippen molar-refractivity contribution in [2.75, 3.05) is 0 Å². The number of aromatic nitrogens is 3. The molecular formula is C14H8F3N3. The Labute approximate surface area is 112 Å². The molecule has 1 aromatic carbocycles. The Morgan fingerprint density at radius 2 is 1.65 bits per heavy atom. The Morgan fingerprint density at radius 3 is 2.35 bits per heavy atom. The minimum atomic E-state index is -4.39. The van der Waals surface area contributed by atoms with Gasteiger partial charge in [0.1, 0.15) is 0 Å². The van der Waals surface area contributed by atoms with Gasteiger partial charge in [-0.1, -0.05) is 0 Å². The van der Waals surface area contributed by atoms with Crippen molar-refractivity contribution in [1.82, 2.24) is 15.0 Å². The van der Waals surface area contributed by atoms with E-state index >= 15 is 0 Å². The molecule has 2 aromatic heterocycles. The summed E-state index contributed by atoms with van der Waals surface area (Å²) in [5, 5.41) is 0. The van der Waals surface area contributed by atoms with E-state index in [-0.39, 0.29) is 5.52 Å². The maximum absolute atomic E-state index is 12.7. The van der Waals surface area contributed by atoms with Gasteiger partial charge in [-0.25, -0.2) is 4.98 Å². The maximum Gasteiger partial charge on any atom is 0.416 e. The normalized spacial score (nSPS) is 11.8. The van der Waals surface area contributed by atoms with E-state index in [0.29, 0.717) is 11.2 Å². The largest absolute Gasteiger partial charge is 0.416 e. The van der Waals surface area contributed by atoms with Crippen LogP contribution in [0.4, 0.5) is 13.2 Å². The molecule has 0 atom stereocenters. The lowest BCUT2D eigenvalue weighted by molar-refractivity contribution is -0.137. The van der Waals surface area contributed by atoms with Crippen LogP contribution in [0.3, 0.4) is 0 Å². The average Bonchev–Trinajstić information content (AvgIpc) is 2.46. The molecule has 100 valence electrons. The second-order valence-electron chi connectivity index (χ2n) is 4.19. The monoisotopic (exact) mass is 275 g/mol. The number of alkyl halides is 3. The summed E-state index contributed by atoms with van der Waals surface area (Å²) < 4.78 is 38.0. The lowest BCUT2D eigenvalue weighted by atomic mass is 10.1. The minimum absolute atomic E-state index is 0.217. The fourth-order valence-corrected chi connectivity index (χ4v) is 1.85. The Balaban J connectivity index is 2.14. The molecule has 0 radical (unpaired) electrons. The first-order valence-electron chi connectivity index (χ1n) is 5.78. The molecule has 0 saturated heterocycles. The number of hydrogen-bond acceptors (Lipinski definition) is 3. The highest BCUT2D eigenvalue weighted by Gasteiger charge is 2.30. The fraction of sp³-hybridized carbons (Fsp3) is 0.0714. The summed E-state index contributed by atoms with van der Waals surface area (Å²) in [7, 11) is 0. The number of nitrogens with zero attached hydrogens (tertiary/aromatic N) is 3. The first kappa shape index (κ1) is 12.5.